The molecule has 25 heavy (non-hydrogen) atoms. The molecule has 0 unspecified atom stereocenters. The number of aromatic nitrogens is 3. The first-order valence-electron chi connectivity index (χ1n) is 9.45. The van der Waals surface area contributed by atoms with E-state index in [9.17, 15) is 9.59 Å². The minimum atomic E-state index is -0.126. The van der Waals surface area contributed by atoms with Crippen LogP contribution in [-0.2, 0) is 14.3 Å². The Labute approximate surface area is 146 Å². The summed E-state index contributed by atoms with van der Waals surface area (Å²) in [7, 11) is 0. The molecule has 1 aromatic heterocycles. The number of hydrogen-bond donors (Lipinski definition) is 0. The van der Waals surface area contributed by atoms with Crippen LogP contribution in [0.25, 0.3) is 0 Å². The van der Waals surface area contributed by atoms with Gasteiger partial charge in [0, 0.05) is 36.8 Å². The van der Waals surface area contributed by atoms with Crippen LogP contribution in [0.2, 0.25) is 0 Å². The Hall–Kier alpha value is -1.92. The summed E-state index contributed by atoms with van der Waals surface area (Å²) in [5, 5.41) is 4.64. The highest BCUT2D eigenvalue weighted by Gasteiger charge is 2.54. The molecule has 1 aromatic rings. The Morgan fingerprint density at radius 2 is 2.12 bits per heavy atom. The van der Waals surface area contributed by atoms with Crippen molar-refractivity contribution in [3.63, 3.8) is 0 Å². The number of carbonyl (C=O) groups is 2. The van der Waals surface area contributed by atoms with Gasteiger partial charge < -0.3 is 9.64 Å². The number of cyclic esters (lactones) is 1. The second-order valence-corrected chi connectivity index (χ2v) is 8.46. The van der Waals surface area contributed by atoms with Crippen molar-refractivity contribution >= 4 is 11.9 Å². The summed E-state index contributed by atoms with van der Waals surface area (Å²) in [6, 6.07) is 0.457. The van der Waals surface area contributed by atoms with Crippen LogP contribution >= 0.6 is 0 Å². The number of carbonyl (C=O) groups excluding carboxylic acids is 2. The Morgan fingerprint density at radius 3 is 2.80 bits per heavy atom. The molecule has 0 aromatic carbocycles. The molecule has 0 bridgehead atoms. The molecule has 134 valence electrons. The first-order chi connectivity index (χ1) is 12.1. The predicted molar refractivity (Wildman–Crippen MR) is 87.6 cm³/mol. The fraction of sp³-hybridized carbons (Fsp3) is 0.778. The first-order valence-corrected chi connectivity index (χ1v) is 9.45. The molecule has 3 heterocycles. The molecule has 1 spiro atoms. The van der Waals surface area contributed by atoms with E-state index >= 15 is 0 Å². The lowest BCUT2D eigenvalue weighted by Crippen LogP contribution is -2.63. The molecule has 0 N–H and O–H groups in total. The highest BCUT2D eigenvalue weighted by atomic mass is 16.5. The number of rotatable bonds is 5. The van der Waals surface area contributed by atoms with Gasteiger partial charge in [-0.2, -0.15) is 5.10 Å². The zero-order valence-corrected chi connectivity index (χ0v) is 14.4. The number of amides is 1. The van der Waals surface area contributed by atoms with E-state index in [1.165, 1.54) is 12.8 Å². The van der Waals surface area contributed by atoms with E-state index in [4.69, 9.17) is 4.74 Å². The third kappa shape index (κ3) is 2.83. The van der Waals surface area contributed by atoms with Crippen molar-refractivity contribution in [2.75, 3.05) is 19.7 Å². The van der Waals surface area contributed by atoms with E-state index in [0.717, 1.165) is 38.2 Å². The van der Waals surface area contributed by atoms with Crippen LogP contribution in [0, 0.1) is 11.3 Å². The number of esters is 1. The molecule has 1 amide bonds. The van der Waals surface area contributed by atoms with Gasteiger partial charge in [0.2, 0.25) is 5.91 Å². The molecule has 2 aliphatic carbocycles. The van der Waals surface area contributed by atoms with E-state index in [1.807, 2.05) is 15.9 Å². The molecule has 7 heteroatoms. The van der Waals surface area contributed by atoms with E-state index in [2.05, 4.69) is 10.1 Å². The SMILES string of the molecule is O=C1C[C@H](CCC(=O)N2CC3(CC(n4cnc(C5CC5)n4)C3)C2)CO1. The fourth-order valence-corrected chi connectivity index (χ4v) is 4.55. The van der Waals surface area contributed by atoms with Crippen molar-refractivity contribution in [1.82, 2.24) is 19.7 Å². The highest BCUT2D eigenvalue weighted by Crippen LogP contribution is 2.54. The van der Waals surface area contributed by atoms with Crippen molar-refractivity contribution in [3.05, 3.63) is 12.2 Å². The fourth-order valence-electron chi connectivity index (χ4n) is 4.55. The summed E-state index contributed by atoms with van der Waals surface area (Å²) in [6.45, 7) is 2.25. The van der Waals surface area contributed by atoms with E-state index in [1.54, 1.807) is 0 Å². The minimum Gasteiger partial charge on any atom is -0.465 e. The van der Waals surface area contributed by atoms with Crippen LogP contribution < -0.4 is 0 Å². The summed E-state index contributed by atoms with van der Waals surface area (Å²) in [4.78, 5) is 29.8. The van der Waals surface area contributed by atoms with Crippen molar-refractivity contribution in [2.24, 2.45) is 11.3 Å². The maximum atomic E-state index is 12.3. The summed E-state index contributed by atoms with van der Waals surface area (Å²) >= 11 is 0. The summed E-state index contributed by atoms with van der Waals surface area (Å²) in [6.07, 6.45) is 8.34. The Morgan fingerprint density at radius 1 is 1.32 bits per heavy atom. The van der Waals surface area contributed by atoms with Gasteiger partial charge in [-0.3, -0.25) is 9.59 Å². The quantitative estimate of drug-likeness (QED) is 0.759. The van der Waals surface area contributed by atoms with Gasteiger partial charge in [0.25, 0.3) is 0 Å². The summed E-state index contributed by atoms with van der Waals surface area (Å²) in [5.41, 5.74) is 0.318. The normalized spacial score (nSPS) is 27.9. The average molecular weight is 344 g/mol. The largest absolute Gasteiger partial charge is 0.465 e. The lowest BCUT2D eigenvalue weighted by Gasteiger charge is -2.58. The van der Waals surface area contributed by atoms with Crippen LogP contribution in [0.4, 0.5) is 0 Å². The zero-order valence-electron chi connectivity index (χ0n) is 14.4. The molecular formula is C18H24N4O3. The van der Waals surface area contributed by atoms with Crippen LogP contribution in [0.5, 0.6) is 0 Å². The predicted octanol–water partition coefficient (Wildman–Crippen LogP) is 1.66. The van der Waals surface area contributed by atoms with E-state index < -0.39 is 0 Å². The second kappa shape index (κ2) is 5.54. The smallest absolute Gasteiger partial charge is 0.306 e. The molecule has 0 radical (unpaired) electrons. The van der Waals surface area contributed by atoms with Crippen LogP contribution in [0.3, 0.4) is 0 Å². The van der Waals surface area contributed by atoms with Crippen molar-refractivity contribution in [2.45, 2.75) is 56.9 Å². The van der Waals surface area contributed by atoms with Gasteiger partial charge in [-0.05, 0) is 32.1 Å². The highest BCUT2D eigenvalue weighted by molar-refractivity contribution is 5.77. The molecule has 2 saturated heterocycles. The van der Waals surface area contributed by atoms with Gasteiger partial charge in [0.1, 0.15) is 6.33 Å². The van der Waals surface area contributed by atoms with Crippen LogP contribution in [0.1, 0.15) is 62.7 Å². The monoisotopic (exact) mass is 344 g/mol. The molecule has 5 rings (SSSR count). The van der Waals surface area contributed by atoms with Gasteiger partial charge in [-0.25, -0.2) is 9.67 Å². The van der Waals surface area contributed by atoms with Crippen molar-refractivity contribution in [3.8, 4) is 0 Å². The third-order valence-corrected chi connectivity index (χ3v) is 6.29. The lowest BCUT2D eigenvalue weighted by atomic mass is 9.60. The van der Waals surface area contributed by atoms with Gasteiger partial charge in [-0.15, -0.1) is 0 Å². The standard InChI is InChI=1S/C18H24N4O3/c23-15(4-1-12-5-16(24)25-8-12)21-9-18(10-21)6-14(7-18)22-11-19-17(20-22)13-2-3-13/h11-14H,1-10H2/t12-/m0/s1. The topological polar surface area (TPSA) is 77.3 Å². The Kier molecular flexibility index (Phi) is 3.40. The van der Waals surface area contributed by atoms with Gasteiger partial charge >= 0.3 is 5.97 Å². The first kappa shape index (κ1) is 15.3. The Bertz CT molecular complexity index is 697. The number of hydrogen-bond acceptors (Lipinski definition) is 5. The van der Waals surface area contributed by atoms with Crippen LogP contribution in [-0.4, -0.2) is 51.2 Å². The molecule has 1 atom stereocenters. The lowest BCUT2D eigenvalue weighted by molar-refractivity contribution is -0.154. The second-order valence-electron chi connectivity index (χ2n) is 8.46. The van der Waals surface area contributed by atoms with E-state index in [-0.39, 0.29) is 17.8 Å². The van der Waals surface area contributed by atoms with Gasteiger partial charge in [0.05, 0.1) is 19.1 Å². The third-order valence-electron chi connectivity index (χ3n) is 6.29. The number of nitrogens with zero attached hydrogens (tertiary/aromatic N) is 4. The van der Waals surface area contributed by atoms with Crippen molar-refractivity contribution in [1.29, 1.82) is 0 Å². The number of ether oxygens (including phenoxy) is 1. The maximum absolute atomic E-state index is 12.3. The molecule has 4 aliphatic rings. The molecule has 2 saturated carbocycles. The maximum Gasteiger partial charge on any atom is 0.306 e. The molecule has 2 aliphatic heterocycles. The molecular weight excluding hydrogens is 320 g/mol. The van der Waals surface area contributed by atoms with Gasteiger partial charge in [0.15, 0.2) is 5.82 Å². The van der Waals surface area contributed by atoms with Crippen molar-refractivity contribution < 1.29 is 14.3 Å². The number of likely N-dealkylation sites (tertiary alicyclic amines) is 1. The Balaban J connectivity index is 1.06. The van der Waals surface area contributed by atoms with E-state index in [0.29, 0.717) is 36.8 Å². The minimum absolute atomic E-state index is 0.126. The van der Waals surface area contributed by atoms with Crippen LogP contribution in [0.15, 0.2) is 6.33 Å². The summed E-state index contributed by atoms with van der Waals surface area (Å²) in [5.74, 6) is 1.95. The van der Waals surface area contributed by atoms with Gasteiger partial charge in [-0.1, -0.05) is 0 Å². The summed E-state index contributed by atoms with van der Waals surface area (Å²) < 4.78 is 7.00. The molecule has 4 fully saturated rings. The molecule has 7 nitrogen and oxygen atoms in total. The average Bonchev–Trinajstić information content (AvgIpc) is 3.10. The zero-order chi connectivity index (χ0) is 17.0.